The van der Waals surface area contributed by atoms with Crippen LogP contribution < -0.4 is 5.32 Å². The predicted molar refractivity (Wildman–Crippen MR) is 156 cm³/mol. The predicted octanol–water partition coefficient (Wildman–Crippen LogP) is 6.88. The summed E-state index contributed by atoms with van der Waals surface area (Å²) in [7, 11) is 2.20. The average molecular weight is 502 g/mol. The highest BCUT2D eigenvalue weighted by molar-refractivity contribution is 7.81. The molecule has 0 radical (unpaired) electrons. The molecule has 2 aromatic carbocycles. The van der Waals surface area contributed by atoms with Crippen molar-refractivity contribution in [3.63, 3.8) is 0 Å². The first-order valence-corrected chi connectivity index (χ1v) is 13.4. The van der Waals surface area contributed by atoms with E-state index in [-0.39, 0.29) is 0 Å². The summed E-state index contributed by atoms with van der Waals surface area (Å²) in [4.78, 5) is 6.72. The number of hydrogen-bond acceptors (Lipinski definition) is 3. The quantitative estimate of drug-likeness (QED) is 0.233. The smallest absolute Gasteiger partial charge is 0.110 e. The van der Waals surface area contributed by atoms with Crippen LogP contribution in [0, 0.1) is 6.92 Å². The Kier molecular flexibility index (Phi) is 8.27. The van der Waals surface area contributed by atoms with Crippen LogP contribution in [0.2, 0.25) is 0 Å². The number of benzene rings is 2. The molecule has 2 N–H and O–H groups in total. The number of anilines is 1. The van der Waals surface area contributed by atoms with Crippen molar-refractivity contribution < 1.29 is 0 Å². The lowest BCUT2D eigenvalue weighted by Gasteiger charge is -2.16. The molecule has 0 aliphatic heterocycles. The number of aromatic nitrogens is 3. The molecule has 4 rings (SSSR count). The van der Waals surface area contributed by atoms with Crippen LogP contribution >= 0.6 is 12.2 Å². The number of aromatic amines is 1. The minimum atomic E-state index is 0.403. The van der Waals surface area contributed by atoms with Gasteiger partial charge in [0.25, 0.3) is 0 Å². The van der Waals surface area contributed by atoms with Gasteiger partial charge in [0.1, 0.15) is 4.99 Å². The zero-order chi connectivity index (χ0) is 25.8. The van der Waals surface area contributed by atoms with Gasteiger partial charge in [0.2, 0.25) is 0 Å². The van der Waals surface area contributed by atoms with Crippen molar-refractivity contribution in [3.8, 4) is 0 Å². The third-order valence-corrected chi connectivity index (χ3v) is 7.26. The van der Waals surface area contributed by atoms with Gasteiger partial charge in [0.05, 0.1) is 6.20 Å². The van der Waals surface area contributed by atoms with Gasteiger partial charge in [-0.2, -0.15) is 5.10 Å². The van der Waals surface area contributed by atoms with E-state index < -0.39 is 0 Å². The minimum Gasteiger partial charge on any atom is -0.358 e. The summed E-state index contributed by atoms with van der Waals surface area (Å²) in [6.45, 7) is 12.9. The van der Waals surface area contributed by atoms with Gasteiger partial charge < -0.3 is 15.2 Å². The van der Waals surface area contributed by atoms with Crippen LogP contribution in [0.25, 0.3) is 10.9 Å². The maximum Gasteiger partial charge on any atom is 0.110 e. The largest absolute Gasteiger partial charge is 0.358 e. The van der Waals surface area contributed by atoms with Gasteiger partial charge in [-0.25, -0.2) is 0 Å². The SMILES string of the molecule is Cc1[nH]c2ccc(NC(=S)c3ccc(C(C)C)cc3)cc2c1CCN(C)CCc1cnn(C(C)C)c1. The molecular weight excluding hydrogens is 462 g/mol. The maximum absolute atomic E-state index is 5.71. The number of fused-ring (bicyclic) bond motifs is 1. The molecule has 0 fully saturated rings. The second-order valence-electron chi connectivity index (χ2n) is 10.4. The Labute approximate surface area is 220 Å². The molecule has 0 unspecified atom stereocenters. The van der Waals surface area contributed by atoms with Crippen molar-refractivity contribution in [2.24, 2.45) is 0 Å². The summed E-state index contributed by atoms with van der Waals surface area (Å²) in [5, 5.41) is 9.18. The van der Waals surface area contributed by atoms with Crippen LogP contribution in [0.4, 0.5) is 5.69 Å². The fraction of sp³-hybridized carbons (Fsp3) is 0.400. The van der Waals surface area contributed by atoms with Gasteiger partial charge in [-0.05, 0) is 81.5 Å². The third kappa shape index (κ3) is 6.23. The number of nitrogens with one attached hydrogen (secondary N) is 2. The van der Waals surface area contributed by atoms with E-state index in [1.807, 2.05) is 10.9 Å². The zero-order valence-corrected chi connectivity index (χ0v) is 23.2. The molecule has 2 heterocycles. The first-order chi connectivity index (χ1) is 17.2. The molecule has 0 saturated heterocycles. The Hall–Kier alpha value is -2.96. The van der Waals surface area contributed by atoms with Crippen LogP contribution in [0.5, 0.6) is 0 Å². The number of H-pyrrole nitrogens is 1. The molecule has 5 nitrogen and oxygen atoms in total. The fourth-order valence-electron chi connectivity index (χ4n) is 4.53. The molecule has 6 heteroatoms. The van der Waals surface area contributed by atoms with E-state index in [0.29, 0.717) is 12.0 Å². The third-order valence-electron chi connectivity index (χ3n) is 6.93. The lowest BCUT2D eigenvalue weighted by atomic mass is 10.0. The average Bonchev–Trinajstić information content (AvgIpc) is 3.45. The first kappa shape index (κ1) is 26.1. The van der Waals surface area contributed by atoms with Gasteiger partial charge in [-0.15, -0.1) is 0 Å². The van der Waals surface area contributed by atoms with Gasteiger partial charge in [0, 0.05) is 53.2 Å². The van der Waals surface area contributed by atoms with Crippen molar-refractivity contribution in [2.75, 3.05) is 25.5 Å². The summed E-state index contributed by atoms with van der Waals surface area (Å²) < 4.78 is 2.03. The monoisotopic (exact) mass is 501 g/mol. The number of thiocarbonyl (C=S) groups is 1. The van der Waals surface area contributed by atoms with Crippen molar-refractivity contribution >= 4 is 33.8 Å². The Balaban J connectivity index is 1.39. The van der Waals surface area contributed by atoms with Gasteiger partial charge in [0.15, 0.2) is 0 Å². The van der Waals surface area contributed by atoms with Crippen molar-refractivity contribution in [3.05, 3.63) is 82.8 Å². The lowest BCUT2D eigenvalue weighted by molar-refractivity contribution is 0.343. The number of hydrogen-bond donors (Lipinski definition) is 2. The summed E-state index contributed by atoms with van der Waals surface area (Å²) in [6.07, 6.45) is 6.17. The van der Waals surface area contributed by atoms with Crippen molar-refractivity contribution in [1.82, 2.24) is 19.7 Å². The molecule has 0 spiro atoms. The van der Waals surface area contributed by atoms with E-state index in [1.165, 1.54) is 33.3 Å². The second kappa shape index (κ2) is 11.4. The van der Waals surface area contributed by atoms with Crippen LogP contribution in [0.3, 0.4) is 0 Å². The van der Waals surface area contributed by atoms with E-state index >= 15 is 0 Å². The van der Waals surface area contributed by atoms with E-state index in [9.17, 15) is 0 Å². The molecule has 0 bridgehead atoms. The second-order valence-corrected chi connectivity index (χ2v) is 10.9. The Morgan fingerprint density at radius 1 is 1.06 bits per heavy atom. The van der Waals surface area contributed by atoms with E-state index in [0.717, 1.165) is 42.2 Å². The maximum atomic E-state index is 5.71. The highest BCUT2D eigenvalue weighted by Crippen LogP contribution is 2.27. The number of nitrogens with zero attached hydrogens (tertiary/aromatic N) is 3. The van der Waals surface area contributed by atoms with E-state index in [1.54, 1.807) is 0 Å². The molecule has 190 valence electrons. The molecule has 2 aromatic heterocycles. The molecular formula is C30H39N5S. The molecule has 36 heavy (non-hydrogen) atoms. The van der Waals surface area contributed by atoms with Crippen molar-refractivity contribution in [1.29, 1.82) is 0 Å². The Bertz CT molecular complexity index is 1310. The van der Waals surface area contributed by atoms with Crippen LogP contribution in [-0.2, 0) is 12.8 Å². The highest BCUT2D eigenvalue weighted by atomic mass is 32.1. The summed E-state index contributed by atoms with van der Waals surface area (Å²) in [5.74, 6) is 0.515. The van der Waals surface area contributed by atoms with Crippen LogP contribution in [0.15, 0.2) is 54.9 Å². The van der Waals surface area contributed by atoms with Gasteiger partial charge in [-0.1, -0.05) is 50.3 Å². The van der Waals surface area contributed by atoms with E-state index in [4.69, 9.17) is 12.2 Å². The van der Waals surface area contributed by atoms with Crippen LogP contribution in [0.1, 0.15) is 67.6 Å². The summed E-state index contributed by atoms with van der Waals surface area (Å²) in [6, 6.07) is 15.4. The topological polar surface area (TPSA) is 48.9 Å². The molecule has 0 atom stereocenters. The standard InChI is InChI=1S/C30H39N5S/c1-20(2)24-7-9-25(10-8-24)30(36)33-26-11-12-29-28(17-26)27(22(5)32-29)14-16-34(6)15-13-23-18-31-35(19-23)21(3)4/h7-12,17-21,32H,13-16H2,1-6H3,(H,33,36). The normalized spacial score (nSPS) is 11.8. The highest BCUT2D eigenvalue weighted by Gasteiger charge is 2.12. The van der Waals surface area contributed by atoms with Gasteiger partial charge in [-0.3, -0.25) is 4.68 Å². The molecule has 0 aliphatic rings. The van der Waals surface area contributed by atoms with E-state index in [2.05, 4.69) is 111 Å². The van der Waals surface area contributed by atoms with Gasteiger partial charge >= 0.3 is 0 Å². The molecule has 0 saturated carbocycles. The fourth-order valence-corrected chi connectivity index (χ4v) is 4.78. The molecule has 0 amide bonds. The number of rotatable bonds is 10. The Morgan fingerprint density at radius 3 is 2.44 bits per heavy atom. The number of likely N-dealkylation sites (N-methyl/N-ethyl adjacent to an activating group) is 1. The summed E-state index contributed by atoms with van der Waals surface area (Å²) in [5.41, 5.74) is 8.47. The number of aryl methyl sites for hydroxylation is 1. The zero-order valence-electron chi connectivity index (χ0n) is 22.4. The van der Waals surface area contributed by atoms with Crippen LogP contribution in [-0.4, -0.2) is 44.8 Å². The lowest BCUT2D eigenvalue weighted by Crippen LogP contribution is -2.23. The first-order valence-electron chi connectivity index (χ1n) is 13.0. The molecule has 4 aromatic rings. The minimum absolute atomic E-state index is 0.403. The van der Waals surface area contributed by atoms with Crippen molar-refractivity contribution in [2.45, 2.75) is 59.4 Å². The molecule has 0 aliphatic carbocycles. The summed E-state index contributed by atoms with van der Waals surface area (Å²) >= 11 is 5.71. The Morgan fingerprint density at radius 2 is 1.78 bits per heavy atom.